The Balaban J connectivity index is 4.21. The van der Waals surface area contributed by atoms with Crippen molar-refractivity contribution in [2.75, 3.05) is 38.7 Å². The zero-order valence-electron chi connectivity index (χ0n) is 35.6. The Kier molecular flexibility index (Phi) is 40.7. The maximum Gasteiger partial charge on any atom is 0.306 e. The Bertz CT molecular complexity index is 693. The van der Waals surface area contributed by atoms with Crippen LogP contribution in [0.4, 0.5) is 0 Å². The quantitative estimate of drug-likeness (QED) is 0.0383. The highest BCUT2D eigenvalue weighted by molar-refractivity contribution is 6.18. The lowest BCUT2D eigenvalue weighted by atomic mass is 9.91. The largest absolute Gasteiger partial charge is 0.466 e. The minimum absolute atomic E-state index is 0.0156. The summed E-state index contributed by atoms with van der Waals surface area (Å²) in [5, 5.41) is 3.24. The first-order valence-corrected chi connectivity index (χ1v) is 23.7. The number of hydrogen-bond donors (Lipinski definition) is 1. The van der Waals surface area contributed by atoms with Gasteiger partial charge in [0.15, 0.2) is 0 Å². The summed E-state index contributed by atoms with van der Waals surface area (Å²) < 4.78 is 5.71. The number of nitrogens with one attached hydrogen (secondary N) is 1. The van der Waals surface area contributed by atoms with Crippen molar-refractivity contribution in [3.8, 4) is 0 Å². The van der Waals surface area contributed by atoms with Crippen molar-refractivity contribution >= 4 is 23.5 Å². The molecule has 6 heteroatoms. The molecule has 2 atom stereocenters. The summed E-state index contributed by atoms with van der Waals surface area (Å²) >= 11 is 6.14. The lowest BCUT2D eigenvalue weighted by molar-refractivity contribution is -0.145. The molecule has 0 aliphatic heterocycles. The molecule has 2 unspecified atom stereocenters. The van der Waals surface area contributed by atoms with Crippen LogP contribution in [0.1, 0.15) is 233 Å². The third kappa shape index (κ3) is 36.2. The standard InChI is InChI=1S/C46H91ClN2O3/c1-5-9-13-17-19-25-32-43(31-23-15-11-7-3)41-45(50)48-36-27-21-28-37-49(39-35-47)38-29-22-30-40-52-46(51)42-44(33-24-16-12-8-4)34-26-20-18-14-10-6-2/h43-44H,5-42H2,1-4H3,(H,48,50). The van der Waals surface area contributed by atoms with E-state index in [1.165, 1.54) is 154 Å². The lowest BCUT2D eigenvalue weighted by Gasteiger charge is -2.21. The first-order chi connectivity index (χ1) is 25.5. The molecule has 5 nitrogen and oxygen atoms in total. The number of esters is 1. The van der Waals surface area contributed by atoms with E-state index in [-0.39, 0.29) is 11.9 Å². The smallest absolute Gasteiger partial charge is 0.306 e. The van der Waals surface area contributed by atoms with Crippen molar-refractivity contribution in [1.29, 1.82) is 0 Å². The fourth-order valence-electron chi connectivity index (χ4n) is 7.59. The predicted molar refractivity (Wildman–Crippen MR) is 229 cm³/mol. The predicted octanol–water partition coefficient (Wildman–Crippen LogP) is 14.0. The number of alkyl halides is 1. The number of halogens is 1. The summed E-state index contributed by atoms with van der Waals surface area (Å²) in [7, 11) is 0. The van der Waals surface area contributed by atoms with Crippen molar-refractivity contribution in [3.63, 3.8) is 0 Å². The second-order valence-corrected chi connectivity index (χ2v) is 16.6. The molecule has 0 spiro atoms. The summed E-state index contributed by atoms with van der Waals surface area (Å²) in [6.45, 7) is 13.4. The van der Waals surface area contributed by atoms with Crippen LogP contribution < -0.4 is 5.32 Å². The van der Waals surface area contributed by atoms with E-state index >= 15 is 0 Å². The van der Waals surface area contributed by atoms with Gasteiger partial charge in [-0.25, -0.2) is 0 Å². The van der Waals surface area contributed by atoms with Crippen LogP contribution in [0.15, 0.2) is 0 Å². The van der Waals surface area contributed by atoms with Gasteiger partial charge in [0, 0.05) is 31.8 Å². The third-order valence-electron chi connectivity index (χ3n) is 11.0. The molecular weight excluding hydrogens is 664 g/mol. The molecule has 0 aromatic carbocycles. The zero-order valence-corrected chi connectivity index (χ0v) is 36.3. The maximum absolute atomic E-state index is 12.8. The molecule has 0 bridgehead atoms. The van der Waals surface area contributed by atoms with E-state index < -0.39 is 0 Å². The fourth-order valence-corrected chi connectivity index (χ4v) is 7.83. The molecule has 52 heavy (non-hydrogen) atoms. The normalized spacial score (nSPS) is 12.7. The number of nitrogens with zero attached hydrogens (tertiary/aromatic N) is 1. The minimum Gasteiger partial charge on any atom is -0.466 e. The number of ether oxygens (including phenoxy) is 1. The summed E-state index contributed by atoms with van der Waals surface area (Å²) in [6.07, 6.45) is 38.6. The van der Waals surface area contributed by atoms with Gasteiger partial charge in [-0.15, -0.1) is 11.6 Å². The second-order valence-electron chi connectivity index (χ2n) is 16.2. The third-order valence-corrected chi connectivity index (χ3v) is 11.2. The van der Waals surface area contributed by atoms with Crippen LogP contribution in [0.2, 0.25) is 0 Å². The molecule has 0 radical (unpaired) electrons. The molecule has 0 aliphatic carbocycles. The molecule has 1 amide bonds. The first kappa shape index (κ1) is 51.2. The van der Waals surface area contributed by atoms with Crippen LogP contribution in [-0.2, 0) is 14.3 Å². The van der Waals surface area contributed by atoms with Crippen molar-refractivity contribution in [3.05, 3.63) is 0 Å². The zero-order chi connectivity index (χ0) is 38.2. The van der Waals surface area contributed by atoms with Gasteiger partial charge in [-0.05, 0) is 82.7 Å². The highest BCUT2D eigenvalue weighted by Crippen LogP contribution is 2.24. The van der Waals surface area contributed by atoms with E-state index in [4.69, 9.17) is 16.3 Å². The van der Waals surface area contributed by atoms with Crippen molar-refractivity contribution in [2.45, 2.75) is 233 Å². The van der Waals surface area contributed by atoms with Gasteiger partial charge in [-0.2, -0.15) is 0 Å². The van der Waals surface area contributed by atoms with Gasteiger partial charge in [-0.3, -0.25) is 9.59 Å². The Labute approximate surface area is 330 Å². The SMILES string of the molecule is CCCCCCCCC(CCCCCC)CC(=O)NCCCCCN(CCCl)CCCCCOC(=O)CC(CCCCCC)CCCCCCCC. The summed E-state index contributed by atoms with van der Waals surface area (Å²) in [4.78, 5) is 28.0. The summed E-state index contributed by atoms with van der Waals surface area (Å²) in [6, 6.07) is 0. The van der Waals surface area contributed by atoms with Crippen molar-refractivity contribution < 1.29 is 14.3 Å². The van der Waals surface area contributed by atoms with Gasteiger partial charge in [0.25, 0.3) is 0 Å². The van der Waals surface area contributed by atoms with E-state index in [1.54, 1.807) is 0 Å². The number of carbonyl (C=O) groups is 2. The average molecular weight is 756 g/mol. The molecule has 0 saturated heterocycles. The molecule has 310 valence electrons. The molecule has 0 aliphatic rings. The van der Waals surface area contributed by atoms with Gasteiger partial charge in [0.1, 0.15) is 0 Å². The molecular formula is C46H91ClN2O3. The molecule has 0 aromatic heterocycles. The van der Waals surface area contributed by atoms with Crippen LogP contribution >= 0.6 is 11.6 Å². The van der Waals surface area contributed by atoms with Gasteiger partial charge in [-0.1, -0.05) is 163 Å². The molecule has 0 fully saturated rings. The number of rotatable bonds is 42. The van der Waals surface area contributed by atoms with Crippen LogP contribution in [-0.4, -0.2) is 55.4 Å². The second kappa shape index (κ2) is 41.4. The molecule has 0 aromatic rings. The number of carbonyl (C=O) groups excluding carboxylic acids is 2. The lowest BCUT2D eigenvalue weighted by Crippen LogP contribution is -2.29. The number of unbranched alkanes of at least 4 members (excludes halogenated alkanes) is 20. The highest BCUT2D eigenvalue weighted by Gasteiger charge is 2.16. The molecule has 0 heterocycles. The van der Waals surface area contributed by atoms with Crippen molar-refractivity contribution in [2.24, 2.45) is 11.8 Å². The highest BCUT2D eigenvalue weighted by atomic mass is 35.5. The van der Waals surface area contributed by atoms with E-state index in [9.17, 15) is 9.59 Å². The van der Waals surface area contributed by atoms with E-state index in [1.807, 2.05) is 0 Å². The Morgan fingerprint density at radius 3 is 1.38 bits per heavy atom. The van der Waals surface area contributed by atoms with E-state index in [2.05, 4.69) is 37.9 Å². The first-order valence-electron chi connectivity index (χ1n) is 23.2. The molecule has 1 N–H and O–H groups in total. The van der Waals surface area contributed by atoms with Crippen LogP contribution in [0.25, 0.3) is 0 Å². The minimum atomic E-state index is 0.0156. The van der Waals surface area contributed by atoms with Crippen LogP contribution in [0.5, 0.6) is 0 Å². The van der Waals surface area contributed by atoms with Gasteiger partial charge >= 0.3 is 5.97 Å². The Morgan fingerprint density at radius 2 is 0.904 bits per heavy atom. The number of hydrogen-bond acceptors (Lipinski definition) is 4. The molecule has 0 saturated carbocycles. The van der Waals surface area contributed by atoms with Gasteiger partial charge in [0.05, 0.1) is 6.61 Å². The summed E-state index contributed by atoms with van der Waals surface area (Å²) in [5.41, 5.74) is 0. The van der Waals surface area contributed by atoms with Gasteiger partial charge < -0.3 is 15.0 Å². The molecule has 0 rings (SSSR count). The topological polar surface area (TPSA) is 58.6 Å². The van der Waals surface area contributed by atoms with E-state index in [0.29, 0.717) is 37.2 Å². The fraction of sp³-hybridized carbons (Fsp3) is 0.957. The van der Waals surface area contributed by atoms with Gasteiger partial charge in [0.2, 0.25) is 5.91 Å². The number of amides is 1. The Morgan fingerprint density at radius 1 is 0.500 bits per heavy atom. The Hall–Kier alpha value is -0.810. The van der Waals surface area contributed by atoms with E-state index in [0.717, 1.165) is 64.7 Å². The van der Waals surface area contributed by atoms with Crippen molar-refractivity contribution in [1.82, 2.24) is 10.2 Å². The van der Waals surface area contributed by atoms with Crippen LogP contribution in [0.3, 0.4) is 0 Å². The maximum atomic E-state index is 12.8. The summed E-state index contributed by atoms with van der Waals surface area (Å²) in [5.74, 6) is 1.98. The average Bonchev–Trinajstić information content (AvgIpc) is 3.13. The monoisotopic (exact) mass is 755 g/mol. The van der Waals surface area contributed by atoms with Crippen LogP contribution in [0, 0.1) is 11.8 Å².